The minimum atomic E-state index is -1.45. The van der Waals surface area contributed by atoms with E-state index in [4.69, 9.17) is 4.84 Å². The Morgan fingerprint density at radius 2 is 2.16 bits per heavy atom. The molecule has 1 saturated heterocycles. The highest BCUT2D eigenvalue weighted by Gasteiger charge is 2.38. The summed E-state index contributed by atoms with van der Waals surface area (Å²) in [4.78, 5) is 27.8. The van der Waals surface area contributed by atoms with Crippen molar-refractivity contribution in [2.75, 3.05) is 0 Å². The van der Waals surface area contributed by atoms with Gasteiger partial charge in [0.15, 0.2) is 0 Å². The van der Waals surface area contributed by atoms with E-state index in [9.17, 15) is 14.7 Å². The molecule has 102 valence electrons. The molecule has 1 fully saturated rings. The molecule has 2 unspecified atom stereocenters. The number of hydrogen-bond donors (Lipinski definition) is 1. The molecule has 2 amide bonds. The lowest BCUT2D eigenvalue weighted by Gasteiger charge is -2.20. The Balaban J connectivity index is 1.93. The molecule has 1 N–H and O–H groups in total. The SMILES string of the molecule is CC1CC(NC(=O)[O-])C(=O)N1OCc1ccccc1. The molecule has 0 aromatic heterocycles. The third-order valence-corrected chi connectivity index (χ3v) is 3.00. The van der Waals surface area contributed by atoms with Gasteiger partial charge in [-0.1, -0.05) is 30.3 Å². The van der Waals surface area contributed by atoms with E-state index in [2.05, 4.69) is 5.32 Å². The second-order valence-electron chi connectivity index (χ2n) is 4.49. The molecule has 0 bridgehead atoms. The minimum Gasteiger partial charge on any atom is -0.530 e. The normalized spacial score (nSPS) is 22.6. The van der Waals surface area contributed by atoms with E-state index in [1.54, 1.807) is 6.92 Å². The van der Waals surface area contributed by atoms with Gasteiger partial charge < -0.3 is 15.2 Å². The zero-order valence-electron chi connectivity index (χ0n) is 10.5. The van der Waals surface area contributed by atoms with E-state index in [0.29, 0.717) is 6.42 Å². The van der Waals surface area contributed by atoms with E-state index < -0.39 is 12.1 Å². The zero-order chi connectivity index (χ0) is 13.8. The third kappa shape index (κ3) is 3.23. The van der Waals surface area contributed by atoms with Crippen molar-refractivity contribution < 1.29 is 19.5 Å². The molecule has 0 spiro atoms. The highest BCUT2D eigenvalue weighted by molar-refractivity contribution is 5.86. The van der Waals surface area contributed by atoms with Crippen LogP contribution in [-0.4, -0.2) is 29.1 Å². The summed E-state index contributed by atoms with van der Waals surface area (Å²) in [6.45, 7) is 2.08. The lowest BCUT2D eigenvalue weighted by Crippen LogP contribution is -2.47. The lowest BCUT2D eigenvalue weighted by atomic mass is 10.2. The number of nitrogens with one attached hydrogen (secondary N) is 1. The van der Waals surface area contributed by atoms with Gasteiger partial charge >= 0.3 is 0 Å². The Kier molecular flexibility index (Phi) is 4.01. The predicted molar refractivity (Wildman–Crippen MR) is 64.5 cm³/mol. The average Bonchev–Trinajstić information content (AvgIpc) is 2.63. The molecule has 1 aromatic rings. The van der Waals surface area contributed by atoms with Gasteiger partial charge in [-0.25, -0.2) is 5.06 Å². The van der Waals surface area contributed by atoms with Gasteiger partial charge in [0, 0.05) is 0 Å². The van der Waals surface area contributed by atoms with Crippen molar-refractivity contribution in [1.29, 1.82) is 0 Å². The molecule has 6 nitrogen and oxygen atoms in total. The van der Waals surface area contributed by atoms with Crippen molar-refractivity contribution in [3.05, 3.63) is 35.9 Å². The highest BCUT2D eigenvalue weighted by atomic mass is 16.7. The number of benzene rings is 1. The zero-order valence-corrected chi connectivity index (χ0v) is 10.5. The van der Waals surface area contributed by atoms with Crippen molar-refractivity contribution in [1.82, 2.24) is 10.4 Å². The molecular weight excluding hydrogens is 248 g/mol. The van der Waals surface area contributed by atoms with Crippen molar-refractivity contribution in [2.45, 2.75) is 32.0 Å². The van der Waals surface area contributed by atoms with Gasteiger partial charge in [0.25, 0.3) is 5.91 Å². The summed E-state index contributed by atoms with van der Waals surface area (Å²) in [7, 11) is 0. The van der Waals surface area contributed by atoms with Gasteiger partial charge in [0.05, 0.1) is 6.04 Å². The largest absolute Gasteiger partial charge is 0.530 e. The predicted octanol–water partition coefficient (Wildman–Crippen LogP) is 0.0405. The van der Waals surface area contributed by atoms with Crippen LogP contribution >= 0.6 is 0 Å². The van der Waals surface area contributed by atoms with Gasteiger partial charge in [0.1, 0.15) is 18.7 Å². The maximum absolute atomic E-state index is 11.9. The number of hydrogen-bond acceptors (Lipinski definition) is 4. The topological polar surface area (TPSA) is 81.7 Å². The van der Waals surface area contributed by atoms with E-state index in [1.807, 2.05) is 30.3 Å². The quantitative estimate of drug-likeness (QED) is 0.831. The number of nitrogens with zero attached hydrogens (tertiary/aromatic N) is 1. The standard InChI is InChI=1S/C13H16N2O4/c1-9-7-11(14-13(17)18)12(16)15(9)19-8-10-5-3-2-4-6-10/h2-6,9,11,14H,7-8H2,1H3,(H,17,18)/p-1. The fourth-order valence-corrected chi connectivity index (χ4v) is 2.08. The molecule has 0 radical (unpaired) electrons. The summed E-state index contributed by atoms with van der Waals surface area (Å²) < 4.78 is 0. The highest BCUT2D eigenvalue weighted by Crippen LogP contribution is 2.20. The van der Waals surface area contributed by atoms with Gasteiger partial charge in [-0.05, 0) is 18.9 Å². The van der Waals surface area contributed by atoms with Crippen LogP contribution in [0, 0.1) is 0 Å². The second kappa shape index (κ2) is 5.71. The molecule has 2 rings (SSSR count). The monoisotopic (exact) mass is 263 g/mol. The van der Waals surface area contributed by atoms with Crippen LogP contribution in [0.25, 0.3) is 0 Å². The molecule has 19 heavy (non-hydrogen) atoms. The molecule has 1 aromatic carbocycles. The number of hydroxylamine groups is 2. The van der Waals surface area contributed by atoms with Crippen LogP contribution in [0.1, 0.15) is 18.9 Å². The molecule has 1 heterocycles. The first kappa shape index (κ1) is 13.4. The fraction of sp³-hybridized carbons (Fsp3) is 0.385. The molecule has 0 aliphatic carbocycles. The maximum Gasteiger partial charge on any atom is 0.268 e. The number of carbonyl (C=O) groups is 2. The van der Waals surface area contributed by atoms with Crippen LogP contribution in [0.5, 0.6) is 0 Å². The minimum absolute atomic E-state index is 0.173. The van der Waals surface area contributed by atoms with Crippen molar-refractivity contribution in [3.63, 3.8) is 0 Å². The summed E-state index contributed by atoms with van der Waals surface area (Å²) >= 11 is 0. The van der Waals surface area contributed by atoms with Crippen molar-refractivity contribution in [2.24, 2.45) is 0 Å². The summed E-state index contributed by atoms with van der Waals surface area (Å²) in [5, 5.41) is 13.8. The summed E-state index contributed by atoms with van der Waals surface area (Å²) in [5.74, 6) is -0.382. The van der Waals surface area contributed by atoms with E-state index in [0.717, 1.165) is 5.56 Å². The smallest absolute Gasteiger partial charge is 0.268 e. The number of carbonyl (C=O) groups excluding carboxylic acids is 2. The molecule has 2 atom stereocenters. The Hall–Kier alpha value is -2.08. The first-order valence-electron chi connectivity index (χ1n) is 6.05. The van der Waals surface area contributed by atoms with Crippen LogP contribution in [-0.2, 0) is 16.2 Å². The van der Waals surface area contributed by atoms with E-state index in [-0.39, 0.29) is 18.6 Å². The summed E-state index contributed by atoms with van der Waals surface area (Å²) in [5.41, 5.74) is 0.943. The van der Waals surface area contributed by atoms with Crippen LogP contribution in [0.4, 0.5) is 4.79 Å². The van der Waals surface area contributed by atoms with E-state index in [1.165, 1.54) is 5.06 Å². The van der Waals surface area contributed by atoms with Crippen LogP contribution in [0.2, 0.25) is 0 Å². The fourth-order valence-electron chi connectivity index (χ4n) is 2.08. The Bertz CT molecular complexity index is 463. The molecule has 1 aliphatic rings. The van der Waals surface area contributed by atoms with Gasteiger partial charge in [-0.3, -0.25) is 9.63 Å². The lowest BCUT2D eigenvalue weighted by molar-refractivity contribution is -0.251. The van der Waals surface area contributed by atoms with Crippen molar-refractivity contribution in [3.8, 4) is 0 Å². The van der Waals surface area contributed by atoms with Crippen LogP contribution < -0.4 is 10.4 Å². The van der Waals surface area contributed by atoms with Crippen LogP contribution in [0.15, 0.2) is 30.3 Å². The molecule has 1 aliphatic heterocycles. The van der Waals surface area contributed by atoms with Gasteiger partial charge in [0.2, 0.25) is 0 Å². The second-order valence-corrected chi connectivity index (χ2v) is 4.49. The maximum atomic E-state index is 11.9. The summed E-state index contributed by atoms with van der Waals surface area (Å²) in [6.07, 6.45) is -1.07. The first-order chi connectivity index (χ1) is 9.08. The molecule has 6 heteroatoms. The van der Waals surface area contributed by atoms with E-state index >= 15 is 0 Å². The Morgan fingerprint density at radius 3 is 2.79 bits per heavy atom. The molecule has 0 saturated carbocycles. The average molecular weight is 263 g/mol. The van der Waals surface area contributed by atoms with Crippen LogP contribution in [0.3, 0.4) is 0 Å². The number of amides is 2. The van der Waals surface area contributed by atoms with Gasteiger partial charge in [-0.15, -0.1) is 0 Å². The first-order valence-corrected chi connectivity index (χ1v) is 6.05. The number of carboxylic acid groups (broad SMARTS) is 1. The van der Waals surface area contributed by atoms with Gasteiger partial charge in [-0.2, -0.15) is 0 Å². The third-order valence-electron chi connectivity index (χ3n) is 3.00. The van der Waals surface area contributed by atoms with Crippen molar-refractivity contribution >= 4 is 12.0 Å². The molecular formula is C13H15N2O4-. The summed E-state index contributed by atoms with van der Waals surface area (Å²) in [6, 6.07) is 8.49. The Morgan fingerprint density at radius 1 is 1.47 bits per heavy atom. The Labute approximate surface area is 110 Å². The number of rotatable bonds is 4.